The predicted molar refractivity (Wildman–Crippen MR) is 144 cm³/mol. The zero-order chi connectivity index (χ0) is 26.8. The average Bonchev–Trinajstić information content (AvgIpc) is 3.58. The van der Waals surface area contributed by atoms with Gasteiger partial charge in [-0.05, 0) is 31.4 Å². The quantitative estimate of drug-likeness (QED) is 0.436. The molecular weight excluding hydrogens is 510 g/mol. The van der Waals surface area contributed by atoms with Gasteiger partial charge in [0.2, 0.25) is 11.7 Å². The minimum absolute atomic E-state index is 0.0194. The van der Waals surface area contributed by atoms with Gasteiger partial charge in [-0.25, -0.2) is 9.78 Å². The zero-order valence-electron chi connectivity index (χ0n) is 21.4. The van der Waals surface area contributed by atoms with Crippen LogP contribution in [0.3, 0.4) is 0 Å². The normalized spacial score (nSPS) is 19.8. The fraction of sp³-hybridized carbons (Fsp3) is 0.481. The highest BCUT2D eigenvalue weighted by Crippen LogP contribution is 2.29. The van der Waals surface area contributed by atoms with Crippen LogP contribution in [0.5, 0.6) is 0 Å². The number of ether oxygens (including phenoxy) is 1. The van der Waals surface area contributed by atoms with Crippen LogP contribution in [0, 0.1) is 0 Å². The van der Waals surface area contributed by atoms with Crippen LogP contribution in [0.2, 0.25) is 5.02 Å². The van der Waals surface area contributed by atoms with Crippen LogP contribution in [-0.2, 0) is 20.9 Å². The minimum atomic E-state index is -1.07. The molecular formula is C27H32ClN5O5. The van der Waals surface area contributed by atoms with Gasteiger partial charge in [0.25, 0.3) is 5.56 Å². The van der Waals surface area contributed by atoms with Crippen molar-refractivity contribution in [1.82, 2.24) is 18.9 Å². The van der Waals surface area contributed by atoms with Crippen molar-refractivity contribution >= 4 is 35.1 Å². The van der Waals surface area contributed by atoms with Crippen LogP contribution < -0.4 is 10.5 Å². The first-order valence-corrected chi connectivity index (χ1v) is 13.5. The molecule has 10 nitrogen and oxygen atoms in total. The number of benzene rings is 1. The molecule has 2 aromatic heterocycles. The number of rotatable bonds is 8. The van der Waals surface area contributed by atoms with Crippen LogP contribution in [0.15, 0.2) is 41.3 Å². The van der Waals surface area contributed by atoms with Crippen molar-refractivity contribution < 1.29 is 19.4 Å². The van der Waals surface area contributed by atoms with Crippen molar-refractivity contribution in [1.29, 1.82) is 0 Å². The van der Waals surface area contributed by atoms with E-state index in [2.05, 4.69) is 6.92 Å². The van der Waals surface area contributed by atoms with Gasteiger partial charge in [0.1, 0.15) is 11.9 Å². The number of unbranched alkanes of at least 4 members (excludes halogenated alkanes) is 2. The third kappa shape index (κ3) is 5.15. The molecule has 0 saturated carbocycles. The molecule has 5 rings (SSSR count). The van der Waals surface area contributed by atoms with Gasteiger partial charge in [-0.3, -0.25) is 18.6 Å². The van der Waals surface area contributed by atoms with E-state index in [4.69, 9.17) is 21.3 Å². The van der Waals surface area contributed by atoms with Crippen LogP contribution in [0.1, 0.15) is 39.0 Å². The lowest BCUT2D eigenvalue weighted by Gasteiger charge is -2.36. The Morgan fingerprint density at radius 1 is 1.18 bits per heavy atom. The van der Waals surface area contributed by atoms with Gasteiger partial charge in [0.05, 0.1) is 18.8 Å². The largest absolute Gasteiger partial charge is 0.479 e. The number of imidazole rings is 1. The Bertz CT molecular complexity index is 1380. The van der Waals surface area contributed by atoms with Gasteiger partial charge in [-0.1, -0.05) is 43.5 Å². The molecule has 2 atom stereocenters. The summed E-state index contributed by atoms with van der Waals surface area (Å²) in [5.41, 5.74) is 1.31. The number of carbonyl (C=O) groups is 2. The smallest absolute Gasteiger partial charge is 0.334 e. The fourth-order valence-electron chi connectivity index (χ4n) is 5.32. The first-order chi connectivity index (χ1) is 18.4. The van der Waals surface area contributed by atoms with Gasteiger partial charge < -0.3 is 19.6 Å². The molecule has 0 spiro atoms. The van der Waals surface area contributed by atoms with Crippen LogP contribution in [-0.4, -0.2) is 74.2 Å². The Morgan fingerprint density at radius 2 is 1.97 bits per heavy atom. The number of aliphatic carboxylic acids is 1. The summed E-state index contributed by atoms with van der Waals surface area (Å²) in [7, 11) is 0. The lowest BCUT2D eigenvalue weighted by Crippen LogP contribution is -2.54. The third-order valence-electron chi connectivity index (χ3n) is 7.31. The van der Waals surface area contributed by atoms with E-state index in [0.29, 0.717) is 48.4 Å². The second-order valence-electron chi connectivity index (χ2n) is 9.84. The molecule has 2 fully saturated rings. The summed E-state index contributed by atoms with van der Waals surface area (Å²) in [4.78, 5) is 46.8. The van der Waals surface area contributed by atoms with Crippen molar-refractivity contribution in [2.45, 2.75) is 57.7 Å². The van der Waals surface area contributed by atoms with Crippen molar-refractivity contribution in [3.63, 3.8) is 0 Å². The number of amides is 1. The molecule has 0 unspecified atom stereocenters. The summed E-state index contributed by atoms with van der Waals surface area (Å²) in [6.07, 6.45) is 5.11. The molecule has 4 heterocycles. The van der Waals surface area contributed by atoms with Crippen molar-refractivity contribution in [2.75, 3.05) is 31.1 Å². The Morgan fingerprint density at radius 3 is 2.71 bits per heavy atom. The maximum atomic E-state index is 13.6. The van der Waals surface area contributed by atoms with Crippen LogP contribution >= 0.6 is 11.6 Å². The van der Waals surface area contributed by atoms with E-state index in [1.807, 2.05) is 21.6 Å². The van der Waals surface area contributed by atoms with Gasteiger partial charge in [-0.2, -0.15) is 0 Å². The average molecular weight is 542 g/mol. The highest BCUT2D eigenvalue weighted by Gasteiger charge is 2.38. The molecule has 1 N–H and O–H groups in total. The van der Waals surface area contributed by atoms with Gasteiger partial charge >= 0.3 is 5.97 Å². The highest BCUT2D eigenvalue weighted by atomic mass is 35.5. The second kappa shape index (κ2) is 11.2. The van der Waals surface area contributed by atoms with E-state index in [1.165, 1.54) is 0 Å². The molecule has 1 amide bonds. The highest BCUT2D eigenvalue weighted by molar-refractivity contribution is 6.30. The summed E-state index contributed by atoms with van der Waals surface area (Å²) in [5.74, 6) is 0.00110. The van der Waals surface area contributed by atoms with E-state index in [-0.39, 0.29) is 24.6 Å². The molecule has 2 aliphatic heterocycles. The number of hydrogen-bond acceptors (Lipinski definition) is 6. The molecule has 1 aromatic carbocycles. The number of aryl methyl sites for hydroxylation is 1. The first kappa shape index (κ1) is 26.2. The summed E-state index contributed by atoms with van der Waals surface area (Å²) >= 11 is 6.06. The summed E-state index contributed by atoms with van der Waals surface area (Å²) in [5, 5.41) is 10.00. The Hall–Kier alpha value is -3.37. The maximum absolute atomic E-state index is 13.6. The number of anilines is 1. The topological polar surface area (TPSA) is 109 Å². The molecule has 2 aliphatic rings. The SMILES string of the molecule is CCCCCn1c(N2CCC[C@H]2C(=O)N2CCO[C@H](C(=O)O)C2)cc(=O)n2cc(-c3ccc(Cl)cc3)nc12. The van der Waals surface area contributed by atoms with Gasteiger partial charge in [0, 0.05) is 42.5 Å². The Balaban J connectivity index is 1.53. The fourth-order valence-corrected chi connectivity index (χ4v) is 5.45. The van der Waals surface area contributed by atoms with E-state index in [1.54, 1.807) is 33.7 Å². The minimum Gasteiger partial charge on any atom is -0.479 e. The summed E-state index contributed by atoms with van der Waals surface area (Å²) < 4.78 is 8.91. The molecule has 11 heteroatoms. The maximum Gasteiger partial charge on any atom is 0.334 e. The molecule has 0 bridgehead atoms. The number of hydrogen-bond donors (Lipinski definition) is 1. The predicted octanol–water partition coefficient (Wildman–Crippen LogP) is 3.29. The molecule has 2 saturated heterocycles. The van der Waals surface area contributed by atoms with E-state index < -0.39 is 18.1 Å². The number of aromatic nitrogens is 3. The monoisotopic (exact) mass is 541 g/mol. The summed E-state index contributed by atoms with van der Waals surface area (Å²) in [6.45, 7) is 3.96. The van der Waals surface area contributed by atoms with E-state index >= 15 is 0 Å². The van der Waals surface area contributed by atoms with Gasteiger partial charge in [-0.15, -0.1) is 0 Å². The van der Waals surface area contributed by atoms with E-state index in [0.717, 1.165) is 31.2 Å². The Labute approximate surface area is 225 Å². The van der Waals surface area contributed by atoms with Crippen molar-refractivity contribution in [3.8, 4) is 11.3 Å². The second-order valence-corrected chi connectivity index (χ2v) is 10.3. The molecule has 202 valence electrons. The van der Waals surface area contributed by atoms with Gasteiger partial charge in [0.15, 0.2) is 6.10 Å². The van der Waals surface area contributed by atoms with Crippen LogP contribution in [0.4, 0.5) is 5.82 Å². The van der Waals surface area contributed by atoms with Crippen molar-refractivity contribution in [2.24, 2.45) is 0 Å². The number of carbonyl (C=O) groups excluding carboxylic acids is 1. The molecule has 38 heavy (non-hydrogen) atoms. The number of nitrogens with zero attached hydrogens (tertiary/aromatic N) is 5. The number of fused-ring (bicyclic) bond motifs is 1. The Kier molecular flexibility index (Phi) is 7.71. The molecule has 0 radical (unpaired) electrons. The first-order valence-electron chi connectivity index (χ1n) is 13.2. The zero-order valence-corrected chi connectivity index (χ0v) is 22.1. The summed E-state index contributed by atoms with van der Waals surface area (Å²) in [6, 6.07) is 8.45. The lowest BCUT2D eigenvalue weighted by atomic mass is 10.1. The standard InChI is InChI=1S/C27H32ClN5O5/c1-2-3-4-11-32-23(15-24(34)33-16-20(29-27(32)33)18-7-9-19(28)10-8-18)31-12-5-6-21(31)25(35)30-13-14-38-22(17-30)26(36)37/h7-10,15-16,21-22H,2-6,11-14,17H2,1H3,(H,36,37)/t21-,22-/m0/s1. The molecule has 3 aromatic rings. The van der Waals surface area contributed by atoms with E-state index in [9.17, 15) is 19.5 Å². The molecule has 0 aliphatic carbocycles. The van der Waals surface area contributed by atoms with Crippen LogP contribution in [0.25, 0.3) is 17.0 Å². The third-order valence-corrected chi connectivity index (χ3v) is 7.56. The lowest BCUT2D eigenvalue weighted by molar-refractivity contribution is -0.159. The number of carboxylic acids is 1. The van der Waals surface area contributed by atoms with Crippen molar-refractivity contribution in [3.05, 3.63) is 51.9 Å². The number of morpholine rings is 1. The number of carboxylic acid groups (broad SMARTS) is 1. The number of halogens is 1.